The quantitative estimate of drug-likeness (QED) is 0.639. The Morgan fingerprint density at radius 2 is 2.11 bits per heavy atom. The van der Waals surface area contributed by atoms with Gasteiger partial charge in [-0.3, -0.25) is 10.1 Å². The molecule has 2 aromatic rings. The molecule has 18 heavy (non-hydrogen) atoms. The van der Waals surface area contributed by atoms with Crippen LogP contribution in [0.5, 0.6) is 0 Å². The monoisotopic (exact) mass is 268 g/mol. The number of benzene rings is 1. The number of hydrogen-bond acceptors (Lipinski definition) is 5. The van der Waals surface area contributed by atoms with Gasteiger partial charge in [0.2, 0.25) is 10.0 Å². The number of primary sulfonamides is 1. The third kappa shape index (κ3) is 2.21. The van der Waals surface area contributed by atoms with Crippen molar-refractivity contribution in [3.05, 3.63) is 47.0 Å². The molecule has 0 saturated heterocycles. The Morgan fingerprint density at radius 1 is 1.39 bits per heavy atom. The zero-order chi connectivity index (χ0) is 13.3. The summed E-state index contributed by atoms with van der Waals surface area (Å²) in [5.41, 5.74) is -0.136. The predicted octanol–water partition coefficient (Wildman–Crippen LogP) is 0.428. The predicted molar refractivity (Wildman–Crippen MR) is 61.6 cm³/mol. The molecule has 0 aliphatic rings. The van der Waals surface area contributed by atoms with Gasteiger partial charge in [-0.15, -0.1) is 0 Å². The summed E-state index contributed by atoms with van der Waals surface area (Å²) in [6.07, 6.45) is 4.33. The third-order valence-corrected chi connectivity index (χ3v) is 3.18. The first-order valence-corrected chi connectivity index (χ1v) is 6.24. The maximum absolute atomic E-state index is 11.4. The Balaban J connectivity index is 2.72. The maximum atomic E-state index is 11.4. The Morgan fingerprint density at radius 3 is 2.61 bits per heavy atom. The number of sulfonamides is 1. The van der Waals surface area contributed by atoms with Gasteiger partial charge < -0.3 is 4.57 Å². The van der Waals surface area contributed by atoms with Crippen LogP contribution in [-0.4, -0.2) is 22.9 Å². The number of nitrogens with zero attached hydrogens (tertiary/aromatic N) is 3. The number of nitrogens with two attached hydrogens (primary N) is 1. The lowest BCUT2D eigenvalue weighted by Crippen LogP contribution is -2.15. The van der Waals surface area contributed by atoms with Crippen LogP contribution < -0.4 is 5.14 Å². The lowest BCUT2D eigenvalue weighted by molar-refractivity contribution is -0.385. The van der Waals surface area contributed by atoms with Gasteiger partial charge in [-0.05, 0) is 6.07 Å². The van der Waals surface area contributed by atoms with Crippen LogP contribution in [0.3, 0.4) is 0 Å². The van der Waals surface area contributed by atoms with Crippen molar-refractivity contribution < 1.29 is 13.3 Å². The number of rotatable bonds is 3. The van der Waals surface area contributed by atoms with Crippen molar-refractivity contribution in [1.82, 2.24) is 9.55 Å². The first-order valence-electron chi connectivity index (χ1n) is 4.69. The molecule has 9 heteroatoms. The molecule has 2 N–H and O–H groups in total. The molecule has 0 amide bonds. The highest BCUT2D eigenvalue weighted by Crippen LogP contribution is 2.24. The van der Waals surface area contributed by atoms with Crippen LogP contribution in [0.15, 0.2) is 41.8 Å². The van der Waals surface area contributed by atoms with Crippen LogP contribution in [0.25, 0.3) is 5.69 Å². The molecule has 8 nitrogen and oxygen atoms in total. The van der Waals surface area contributed by atoms with Gasteiger partial charge in [0.15, 0.2) is 0 Å². The first-order chi connectivity index (χ1) is 8.39. The molecule has 0 fully saturated rings. The SMILES string of the molecule is NS(=O)(=O)c1cc([N+](=O)[O-])ccc1-n1ccnc1. The second-order valence-corrected chi connectivity index (χ2v) is 4.95. The minimum atomic E-state index is -4.07. The van der Waals surface area contributed by atoms with Crippen molar-refractivity contribution in [2.45, 2.75) is 4.90 Å². The van der Waals surface area contributed by atoms with Gasteiger partial charge in [0.05, 0.1) is 16.9 Å². The van der Waals surface area contributed by atoms with Crippen LogP contribution >= 0.6 is 0 Å². The number of non-ortho nitro benzene ring substituents is 1. The van der Waals surface area contributed by atoms with E-state index in [1.165, 1.54) is 35.4 Å². The molecule has 0 saturated carbocycles. The second kappa shape index (κ2) is 4.20. The molecule has 1 heterocycles. The lowest BCUT2D eigenvalue weighted by atomic mass is 10.3. The minimum absolute atomic E-state index is 0.209. The summed E-state index contributed by atoms with van der Waals surface area (Å²) in [4.78, 5) is 13.4. The summed E-state index contributed by atoms with van der Waals surface area (Å²) in [5.74, 6) is 0. The fourth-order valence-corrected chi connectivity index (χ4v) is 2.21. The molecule has 1 aromatic heterocycles. The lowest BCUT2D eigenvalue weighted by Gasteiger charge is -2.07. The van der Waals surface area contributed by atoms with E-state index in [0.717, 1.165) is 6.07 Å². The summed E-state index contributed by atoms with van der Waals surface area (Å²) >= 11 is 0. The Hall–Kier alpha value is -2.26. The molecule has 1 aromatic carbocycles. The normalized spacial score (nSPS) is 11.4. The average Bonchev–Trinajstić information content (AvgIpc) is 2.80. The largest absolute Gasteiger partial charge is 0.305 e. The fraction of sp³-hybridized carbons (Fsp3) is 0. The summed E-state index contributed by atoms with van der Waals surface area (Å²) in [6, 6.07) is 3.42. The molecule has 2 rings (SSSR count). The van der Waals surface area contributed by atoms with Gasteiger partial charge in [-0.1, -0.05) is 0 Å². The second-order valence-electron chi connectivity index (χ2n) is 3.42. The molecule has 0 spiro atoms. The molecule has 0 bridgehead atoms. The van der Waals surface area contributed by atoms with Gasteiger partial charge in [-0.2, -0.15) is 0 Å². The molecule has 0 unspecified atom stereocenters. The summed E-state index contributed by atoms with van der Waals surface area (Å²) in [7, 11) is -4.07. The van der Waals surface area contributed by atoms with E-state index in [0.29, 0.717) is 0 Å². The van der Waals surface area contributed by atoms with Gasteiger partial charge in [0, 0.05) is 24.5 Å². The highest BCUT2D eigenvalue weighted by molar-refractivity contribution is 7.89. The first kappa shape index (κ1) is 12.2. The van der Waals surface area contributed by atoms with E-state index >= 15 is 0 Å². The van der Waals surface area contributed by atoms with Crippen molar-refractivity contribution in [3.8, 4) is 5.69 Å². The van der Waals surface area contributed by atoms with Crippen LogP contribution in [0.4, 0.5) is 5.69 Å². The van der Waals surface area contributed by atoms with Gasteiger partial charge in [-0.25, -0.2) is 18.5 Å². The fourth-order valence-electron chi connectivity index (χ4n) is 1.46. The number of hydrogen-bond donors (Lipinski definition) is 1. The van der Waals surface area contributed by atoms with E-state index in [-0.39, 0.29) is 16.3 Å². The zero-order valence-corrected chi connectivity index (χ0v) is 9.74. The topological polar surface area (TPSA) is 121 Å². The summed E-state index contributed by atoms with van der Waals surface area (Å²) < 4.78 is 24.3. The average molecular weight is 268 g/mol. The Bertz CT molecular complexity index is 693. The third-order valence-electron chi connectivity index (χ3n) is 2.24. The number of aromatic nitrogens is 2. The van der Waals surface area contributed by atoms with E-state index in [4.69, 9.17) is 5.14 Å². The molecule has 0 atom stereocenters. The number of nitro benzene ring substituents is 1. The Labute approximate surface area is 102 Å². The van der Waals surface area contributed by atoms with Gasteiger partial charge in [0.1, 0.15) is 4.90 Å². The van der Waals surface area contributed by atoms with Crippen LogP contribution in [0, 0.1) is 10.1 Å². The van der Waals surface area contributed by atoms with E-state index < -0.39 is 14.9 Å². The molecule has 0 radical (unpaired) electrons. The molecular weight excluding hydrogens is 260 g/mol. The van der Waals surface area contributed by atoms with Crippen molar-refractivity contribution in [1.29, 1.82) is 0 Å². The van der Waals surface area contributed by atoms with Crippen molar-refractivity contribution >= 4 is 15.7 Å². The summed E-state index contributed by atoms with van der Waals surface area (Å²) in [6.45, 7) is 0. The van der Waals surface area contributed by atoms with Crippen molar-refractivity contribution in [2.75, 3.05) is 0 Å². The maximum Gasteiger partial charge on any atom is 0.270 e. The number of nitro groups is 1. The standard InChI is InChI=1S/C9H8N4O4S/c10-18(16,17)9-5-7(13(14)15)1-2-8(9)12-4-3-11-6-12/h1-6H,(H2,10,16,17). The molecule has 94 valence electrons. The van der Waals surface area contributed by atoms with Crippen LogP contribution in [0.1, 0.15) is 0 Å². The molecule has 0 aliphatic carbocycles. The van der Waals surface area contributed by atoms with Gasteiger partial charge in [0.25, 0.3) is 5.69 Å². The minimum Gasteiger partial charge on any atom is -0.305 e. The van der Waals surface area contributed by atoms with Crippen LogP contribution in [-0.2, 0) is 10.0 Å². The van der Waals surface area contributed by atoms with Gasteiger partial charge >= 0.3 is 0 Å². The van der Waals surface area contributed by atoms with Crippen molar-refractivity contribution in [2.24, 2.45) is 5.14 Å². The number of imidazole rings is 1. The highest BCUT2D eigenvalue weighted by Gasteiger charge is 2.19. The highest BCUT2D eigenvalue weighted by atomic mass is 32.2. The van der Waals surface area contributed by atoms with E-state index in [9.17, 15) is 18.5 Å². The van der Waals surface area contributed by atoms with E-state index in [1.807, 2.05) is 0 Å². The van der Waals surface area contributed by atoms with Crippen LogP contribution in [0.2, 0.25) is 0 Å². The van der Waals surface area contributed by atoms with E-state index in [2.05, 4.69) is 4.98 Å². The zero-order valence-electron chi connectivity index (χ0n) is 8.92. The van der Waals surface area contributed by atoms with E-state index in [1.54, 1.807) is 0 Å². The summed E-state index contributed by atoms with van der Waals surface area (Å²) in [5, 5.41) is 15.7. The van der Waals surface area contributed by atoms with Crippen molar-refractivity contribution in [3.63, 3.8) is 0 Å². The Kier molecular flexibility index (Phi) is 2.85. The molecule has 0 aliphatic heterocycles. The molecular formula is C9H8N4O4S. The smallest absolute Gasteiger partial charge is 0.270 e.